The van der Waals surface area contributed by atoms with Crippen LogP contribution in [0, 0.1) is 6.92 Å². The molecular weight excluding hydrogens is 526 g/mol. The van der Waals surface area contributed by atoms with Crippen molar-refractivity contribution < 1.29 is 4.79 Å². The molecule has 0 spiro atoms. The number of carbonyl (C=O) groups is 1. The van der Waals surface area contributed by atoms with E-state index in [2.05, 4.69) is 91.6 Å². The van der Waals surface area contributed by atoms with Gasteiger partial charge in [0.25, 0.3) is 0 Å². The topological polar surface area (TPSA) is 44.7 Å². The normalized spacial score (nSPS) is 17.2. The van der Waals surface area contributed by atoms with Gasteiger partial charge in [-0.15, -0.1) is 0 Å². The highest BCUT2D eigenvalue weighted by Crippen LogP contribution is 2.36. The van der Waals surface area contributed by atoms with Crippen molar-refractivity contribution in [2.24, 2.45) is 4.99 Å². The van der Waals surface area contributed by atoms with Gasteiger partial charge in [0.15, 0.2) is 0 Å². The summed E-state index contributed by atoms with van der Waals surface area (Å²) in [6.45, 7) is 16.5. The van der Waals surface area contributed by atoms with E-state index in [0.29, 0.717) is 6.42 Å². The van der Waals surface area contributed by atoms with Gasteiger partial charge in [0, 0.05) is 36.3 Å². The highest BCUT2D eigenvalue weighted by atomic mass is 16.1. The first-order valence-corrected chi connectivity index (χ1v) is 14.5. The molecule has 0 bridgehead atoms. The van der Waals surface area contributed by atoms with E-state index in [1.807, 2.05) is 56.6 Å². The Morgan fingerprint density at radius 1 is 1.12 bits per heavy atom. The Hall–Kier alpha value is -5.18. The molecule has 5 rings (SSSR count). The fourth-order valence-corrected chi connectivity index (χ4v) is 5.27. The van der Waals surface area contributed by atoms with Gasteiger partial charge in [0.05, 0.1) is 11.4 Å². The lowest BCUT2D eigenvalue weighted by atomic mass is 9.91. The van der Waals surface area contributed by atoms with E-state index in [9.17, 15) is 4.79 Å². The minimum atomic E-state index is -0.229. The predicted molar refractivity (Wildman–Crippen MR) is 181 cm³/mol. The summed E-state index contributed by atoms with van der Waals surface area (Å²) in [4.78, 5) is 18.8. The monoisotopic (exact) mass is 563 g/mol. The smallest absolute Gasteiger partial charge is 0.247 e. The Kier molecular flexibility index (Phi) is 8.71. The van der Waals surface area contributed by atoms with Crippen molar-refractivity contribution in [3.8, 4) is 0 Å². The zero-order valence-electron chi connectivity index (χ0n) is 25.4. The summed E-state index contributed by atoms with van der Waals surface area (Å²) < 4.78 is 0. The van der Waals surface area contributed by atoms with Crippen LogP contribution in [-0.4, -0.2) is 16.5 Å². The van der Waals surface area contributed by atoms with Gasteiger partial charge in [-0.2, -0.15) is 0 Å². The van der Waals surface area contributed by atoms with Crippen LogP contribution in [0.15, 0.2) is 149 Å². The zero-order valence-corrected chi connectivity index (χ0v) is 25.4. The fraction of sp³-hybridized carbons (Fsp3) is 0.154. The van der Waals surface area contributed by atoms with E-state index < -0.39 is 0 Å². The molecular formula is C39H37N3O. The van der Waals surface area contributed by atoms with Crippen molar-refractivity contribution in [1.82, 2.24) is 4.90 Å². The van der Waals surface area contributed by atoms with Crippen LogP contribution in [0.4, 0.5) is 5.69 Å². The third-order valence-electron chi connectivity index (χ3n) is 7.72. The van der Waals surface area contributed by atoms with Crippen LogP contribution >= 0.6 is 0 Å². The number of allylic oxidation sites excluding steroid dienone is 10. The molecule has 2 aromatic rings. The Balaban J connectivity index is 1.43. The molecule has 0 fully saturated rings. The summed E-state index contributed by atoms with van der Waals surface area (Å²) in [7, 11) is 0. The summed E-state index contributed by atoms with van der Waals surface area (Å²) in [6.07, 6.45) is 19.4. The molecule has 4 heteroatoms. The maximum Gasteiger partial charge on any atom is 0.247 e. The average molecular weight is 564 g/mol. The number of hydrogen-bond donors (Lipinski definition) is 1. The average Bonchev–Trinajstić information content (AvgIpc) is 3.44. The van der Waals surface area contributed by atoms with E-state index in [1.165, 1.54) is 22.8 Å². The quantitative estimate of drug-likeness (QED) is 0.257. The predicted octanol–water partition coefficient (Wildman–Crippen LogP) is 9.17. The van der Waals surface area contributed by atoms with E-state index in [4.69, 9.17) is 4.99 Å². The summed E-state index contributed by atoms with van der Waals surface area (Å²) >= 11 is 0. The molecule has 4 nitrogen and oxygen atoms in total. The van der Waals surface area contributed by atoms with Gasteiger partial charge in [-0.25, -0.2) is 0 Å². The van der Waals surface area contributed by atoms with E-state index in [-0.39, 0.29) is 5.91 Å². The van der Waals surface area contributed by atoms with Crippen LogP contribution in [-0.2, 0) is 11.2 Å². The maximum atomic E-state index is 11.9. The molecule has 1 amide bonds. The highest BCUT2D eigenvalue weighted by molar-refractivity contribution is 6.16. The molecule has 43 heavy (non-hydrogen) atoms. The number of amides is 1. The zero-order chi connectivity index (χ0) is 30.5. The van der Waals surface area contributed by atoms with E-state index in [0.717, 1.165) is 62.5 Å². The number of fused-ring (bicyclic) bond motifs is 1. The number of rotatable bonds is 8. The van der Waals surface area contributed by atoms with Crippen LogP contribution in [0.2, 0.25) is 0 Å². The number of nitrogens with one attached hydrogen (secondary N) is 1. The molecule has 0 saturated heterocycles. The lowest BCUT2D eigenvalue weighted by Gasteiger charge is -2.22. The summed E-state index contributed by atoms with van der Waals surface area (Å²) in [5.74, 6) is -0.229. The lowest BCUT2D eigenvalue weighted by molar-refractivity contribution is -0.111. The SMILES string of the molecule is C=CC(=O)Nc1cccc(C2=CC(=C(/C)C(=C)c3ccc(CC4=CC5=C=CC=CN5C=C4)c(C)c3)/C(=N\C=C(C)C)C2)c1. The molecule has 0 unspecified atom stereocenters. The maximum absolute atomic E-state index is 11.9. The van der Waals surface area contributed by atoms with Crippen molar-refractivity contribution in [3.05, 3.63) is 167 Å². The molecule has 2 aromatic carbocycles. The number of aliphatic imine (C=N–C) groups is 1. The van der Waals surface area contributed by atoms with Crippen molar-refractivity contribution >= 4 is 28.5 Å². The molecule has 214 valence electrons. The van der Waals surface area contributed by atoms with E-state index >= 15 is 0 Å². The molecule has 0 aromatic heterocycles. The lowest BCUT2D eigenvalue weighted by Crippen LogP contribution is -2.12. The number of hydrogen-bond acceptors (Lipinski definition) is 3. The minimum Gasteiger partial charge on any atom is -0.323 e. The van der Waals surface area contributed by atoms with Gasteiger partial charge in [0.1, 0.15) is 0 Å². The third-order valence-corrected chi connectivity index (χ3v) is 7.72. The standard InChI is InChI=1S/C39H37N3O/c1-7-39(43)41-35-12-10-11-33(22-35)34-23-37(38(24-34)40-25-26(2)3)29(6)28(5)32-15-14-31(27(4)19-32)20-30-16-18-42-17-9-8-13-36(42)21-30/h7-12,14-19,21-23,25H,1,5,20,24H2,2-4,6H3,(H,41,43)/b37-29+,40-38-. The first-order chi connectivity index (χ1) is 20.7. The second kappa shape index (κ2) is 12.8. The first-order valence-electron chi connectivity index (χ1n) is 14.5. The molecule has 1 N–H and O–H groups in total. The number of aryl methyl sites for hydroxylation is 1. The molecule has 2 aliphatic heterocycles. The molecule has 2 heterocycles. The number of nitrogens with zero attached hydrogens (tertiary/aromatic N) is 2. The van der Waals surface area contributed by atoms with Crippen LogP contribution in [0.1, 0.15) is 49.4 Å². The van der Waals surface area contributed by atoms with Gasteiger partial charge >= 0.3 is 0 Å². The number of anilines is 1. The second-order valence-electron chi connectivity index (χ2n) is 11.2. The minimum absolute atomic E-state index is 0.229. The van der Waals surface area contributed by atoms with Crippen molar-refractivity contribution in [1.29, 1.82) is 0 Å². The largest absolute Gasteiger partial charge is 0.323 e. The molecule has 3 aliphatic rings. The molecule has 0 radical (unpaired) electrons. The van der Waals surface area contributed by atoms with Crippen molar-refractivity contribution in [3.63, 3.8) is 0 Å². The van der Waals surface area contributed by atoms with Crippen LogP contribution in [0.3, 0.4) is 0 Å². The van der Waals surface area contributed by atoms with Gasteiger partial charge < -0.3 is 10.2 Å². The van der Waals surface area contributed by atoms with Gasteiger partial charge in [0.2, 0.25) is 5.91 Å². The highest BCUT2D eigenvalue weighted by Gasteiger charge is 2.22. The summed E-state index contributed by atoms with van der Waals surface area (Å²) in [5.41, 5.74) is 17.5. The third kappa shape index (κ3) is 6.83. The molecule has 0 saturated carbocycles. The van der Waals surface area contributed by atoms with Crippen molar-refractivity contribution in [2.45, 2.75) is 40.5 Å². The summed E-state index contributed by atoms with van der Waals surface area (Å²) in [5, 5.41) is 2.86. The Morgan fingerprint density at radius 2 is 1.95 bits per heavy atom. The second-order valence-corrected chi connectivity index (χ2v) is 11.2. The molecule has 1 aliphatic carbocycles. The Bertz CT molecular complexity index is 1810. The van der Waals surface area contributed by atoms with Crippen LogP contribution in [0.25, 0.3) is 11.1 Å². The van der Waals surface area contributed by atoms with Gasteiger partial charge in [-0.05, 0) is 127 Å². The summed E-state index contributed by atoms with van der Waals surface area (Å²) in [6, 6.07) is 14.5. The number of benzene rings is 2. The van der Waals surface area contributed by atoms with Crippen molar-refractivity contribution in [2.75, 3.05) is 5.32 Å². The van der Waals surface area contributed by atoms with Crippen LogP contribution < -0.4 is 5.32 Å². The van der Waals surface area contributed by atoms with Crippen LogP contribution in [0.5, 0.6) is 0 Å². The Morgan fingerprint density at radius 3 is 2.72 bits per heavy atom. The van der Waals surface area contributed by atoms with E-state index in [1.54, 1.807) is 0 Å². The van der Waals surface area contributed by atoms with Gasteiger partial charge in [-0.3, -0.25) is 9.79 Å². The Labute approximate surface area is 255 Å². The molecule has 0 atom stereocenters. The van der Waals surface area contributed by atoms with Gasteiger partial charge in [-0.1, -0.05) is 54.8 Å². The number of carbonyl (C=O) groups excluding carboxylic acids is 1. The fourth-order valence-electron chi connectivity index (χ4n) is 5.27. The first kappa shape index (κ1) is 29.3.